The summed E-state index contributed by atoms with van der Waals surface area (Å²) in [6.45, 7) is 7.60. The maximum absolute atomic E-state index is 9.69. The third-order valence-electron chi connectivity index (χ3n) is 9.43. The van der Waals surface area contributed by atoms with Gasteiger partial charge in [0.1, 0.15) is 0 Å². The molecule has 0 N–H and O–H groups in total. The minimum absolute atomic E-state index is 0.426. The van der Waals surface area contributed by atoms with Crippen molar-refractivity contribution >= 4 is 38.4 Å². The van der Waals surface area contributed by atoms with Crippen LogP contribution in [0.5, 0.6) is 0 Å². The Morgan fingerprint density at radius 1 is 0.462 bits per heavy atom. The summed E-state index contributed by atoms with van der Waals surface area (Å²) in [6, 6.07) is 56.9. The van der Waals surface area contributed by atoms with Crippen molar-refractivity contribution < 1.29 is 0 Å². The summed E-state index contributed by atoms with van der Waals surface area (Å²) in [6.07, 6.45) is 0. The van der Waals surface area contributed by atoms with E-state index in [-0.39, 0.29) is 0 Å². The molecule has 9 aromatic rings. The van der Waals surface area contributed by atoms with E-state index >= 15 is 0 Å². The Kier molecular flexibility index (Phi) is 7.51. The molecular weight excluding hydrogens is 635 g/mol. The van der Waals surface area contributed by atoms with Gasteiger partial charge in [-0.05, 0) is 53.1 Å². The van der Waals surface area contributed by atoms with Crippen LogP contribution in [0, 0.1) is 17.9 Å². The molecule has 9 rings (SSSR count). The summed E-state index contributed by atoms with van der Waals surface area (Å²) in [5.41, 5.74) is 12.4. The molecule has 0 atom stereocenters. The Bertz CT molecular complexity index is 2870. The lowest BCUT2D eigenvalue weighted by molar-refractivity contribution is 1.30. The molecule has 0 fully saturated rings. The number of para-hydroxylation sites is 1. The molecule has 52 heavy (non-hydrogen) atoms. The molecule has 0 radical (unpaired) electrons. The first-order chi connectivity index (χ1) is 25.7. The second kappa shape index (κ2) is 12.8. The third kappa shape index (κ3) is 5.31. The molecule has 2 aromatic heterocycles. The van der Waals surface area contributed by atoms with Gasteiger partial charge in [0, 0.05) is 44.0 Å². The highest BCUT2D eigenvalue weighted by Crippen LogP contribution is 2.43. The molecular formula is C47H27N5. The summed E-state index contributed by atoms with van der Waals surface area (Å²) in [4.78, 5) is 20.0. The quantitative estimate of drug-likeness (QED) is 0.136. The van der Waals surface area contributed by atoms with Crippen LogP contribution in [0.1, 0.15) is 5.56 Å². The monoisotopic (exact) mass is 661 g/mol. The Morgan fingerprint density at radius 3 is 1.73 bits per heavy atom. The summed E-state index contributed by atoms with van der Waals surface area (Å²) >= 11 is 0. The van der Waals surface area contributed by atoms with E-state index in [1.54, 1.807) is 6.07 Å². The van der Waals surface area contributed by atoms with Gasteiger partial charge in [0.25, 0.3) is 0 Å². The average Bonchev–Trinajstić information content (AvgIpc) is 3.23. The van der Waals surface area contributed by atoms with Gasteiger partial charge in [0.15, 0.2) is 5.69 Å². The van der Waals surface area contributed by atoms with Gasteiger partial charge < -0.3 is 0 Å². The van der Waals surface area contributed by atoms with E-state index in [0.29, 0.717) is 11.3 Å². The summed E-state index contributed by atoms with van der Waals surface area (Å²) < 4.78 is 0. The second-order valence-corrected chi connectivity index (χ2v) is 12.6. The number of fused-ring (bicyclic) bond motifs is 5. The fraction of sp³-hybridized carbons (Fsp3) is 0. The minimum atomic E-state index is 0.426. The van der Waals surface area contributed by atoms with Crippen LogP contribution >= 0.6 is 0 Å². The summed E-state index contributed by atoms with van der Waals surface area (Å²) in [5.74, 6) is 0. The van der Waals surface area contributed by atoms with E-state index in [1.807, 2.05) is 97.1 Å². The van der Waals surface area contributed by atoms with Gasteiger partial charge in [-0.2, -0.15) is 5.26 Å². The molecule has 0 bridgehead atoms. The lowest BCUT2D eigenvalue weighted by Gasteiger charge is -2.18. The molecule has 0 amide bonds. The van der Waals surface area contributed by atoms with Crippen LogP contribution < -0.4 is 0 Å². The number of nitriles is 1. The van der Waals surface area contributed by atoms with Gasteiger partial charge in [-0.15, -0.1) is 0 Å². The number of rotatable bonds is 5. The molecule has 0 spiro atoms. The van der Waals surface area contributed by atoms with Crippen LogP contribution in [0.2, 0.25) is 0 Å². The van der Waals surface area contributed by atoms with Crippen molar-refractivity contribution in [2.45, 2.75) is 0 Å². The van der Waals surface area contributed by atoms with E-state index in [1.165, 1.54) is 0 Å². The maximum atomic E-state index is 9.69. The second-order valence-electron chi connectivity index (χ2n) is 12.6. The van der Waals surface area contributed by atoms with E-state index in [0.717, 1.165) is 88.7 Å². The molecule has 0 aliphatic rings. The lowest BCUT2D eigenvalue weighted by atomic mass is 9.92. The topological polar surface area (TPSA) is 66.8 Å². The van der Waals surface area contributed by atoms with Gasteiger partial charge in [-0.1, -0.05) is 127 Å². The van der Waals surface area contributed by atoms with E-state index in [9.17, 15) is 5.26 Å². The van der Waals surface area contributed by atoms with Crippen LogP contribution in [0.25, 0.3) is 93.6 Å². The van der Waals surface area contributed by atoms with Crippen molar-refractivity contribution in [1.82, 2.24) is 15.0 Å². The number of aromatic nitrogens is 3. The number of hydrogen-bond acceptors (Lipinski definition) is 4. The van der Waals surface area contributed by atoms with E-state index < -0.39 is 0 Å². The van der Waals surface area contributed by atoms with Crippen LogP contribution in [0.3, 0.4) is 0 Å². The number of pyridine rings is 1. The Balaban J connectivity index is 1.42. The zero-order chi connectivity index (χ0) is 35.0. The standard InChI is InChI=1S/C47H27N5/c1-49-37-25-30(29-48)24-36(27-37)34-20-13-21-35(26-34)43-40-28-39(31-14-5-2-6-15-31)46-47(42(40)38-22-11-12-23-41(38)50-43)52-45(33-18-9-4-10-19-33)44(51-46)32-16-7-3-8-17-32/h2-28H. The molecule has 0 unspecified atom stereocenters. The van der Waals surface area contributed by atoms with Gasteiger partial charge in [0.05, 0.1) is 46.3 Å². The molecule has 5 heteroatoms. The fourth-order valence-electron chi connectivity index (χ4n) is 7.04. The van der Waals surface area contributed by atoms with Crippen LogP contribution in [-0.4, -0.2) is 15.0 Å². The number of nitrogens with zero attached hydrogens (tertiary/aromatic N) is 5. The molecule has 7 aromatic carbocycles. The Labute approximate surface area is 300 Å². The van der Waals surface area contributed by atoms with Crippen molar-refractivity contribution in [3.63, 3.8) is 0 Å². The smallest absolute Gasteiger partial charge is 0.189 e. The average molecular weight is 662 g/mol. The largest absolute Gasteiger partial charge is 0.247 e. The maximum Gasteiger partial charge on any atom is 0.189 e. The number of hydrogen-bond donors (Lipinski definition) is 0. The summed E-state index contributed by atoms with van der Waals surface area (Å²) in [7, 11) is 0. The molecule has 240 valence electrons. The van der Waals surface area contributed by atoms with Crippen LogP contribution in [0.4, 0.5) is 5.69 Å². The van der Waals surface area contributed by atoms with Crippen molar-refractivity contribution in [3.8, 4) is 62.1 Å². The number of benzene rings is 7. The van der Waals surface area contributed by atoms with Gasteiger partial charge in [-0.3, -0.25) is 0 Å². The molecule has 2 heterocycles. The predicted molar refractivity (Wildman–Crippen MR) is 211 cm³/mol. The van der Waals surface area contributed by atoms with Crippen molar-refractivity contribution in [3.05, 3.63) is 181 Å². The molecule has 5 nitrogen and oxygen atoms in total. The first-order valence-electron chi connectivity index (χ1n) is 17.0. The van der Waals surface area contributed by atoms with Gasteiger partial charge in [-0.25, -0.2) is 19.8 Å². The molecule has 0 saturated carbocycles. The molecule has 0 aliphatic heterocycles. The van der Waals surface area contributed by atoms with Gasteiger partial charge >= 0.3 is 0 Å². The highest BCUT2D eigenvalue weighted by Gasteiger charge is 2.22. The van der Waals surface area contributed by atoms with Crippen molar-refractivity contribution in [2.75, 3.05) is 0 Å². The molecule has 0 saturated heterocycles. The predicted octanol–water partition coefficient (Wildman–Crippen LogP) is 12.1. The normalized spacial score (nSPS) is 11.0. The Morgan fingerprint density at radius 2 is 1.06 bits per heavy atom. The minimum Gasteiger partial charge on any atom is -0.247 e. The van der Waals surface area contributed by atoms with Gasteiger partial charge in [0.2, 0.25) is 0 Å². The highest BCUT2D eigenvalue weighted by molar-refractivity contribution is 6.24. The first kappa shape index (κ1) is 30.6. The first-order valence-corrected chi connectivity index (χ1v) is 17.0. The highest BCUT2D eigenvalue weighted by atomic mass is 14.8. The lowest BCUT2D eigenvalue weighted by Crippen LogP contribution is -2.00. The van der Waals surface area contributed by atoms with Crippen LogP contribution in [-0.2, 0) is 0 Å². The van der Waals surface area contributed by atoms with Crippen LogP contribution in [0.15, 0.2) is 164 Å². The van der Waals surface area contributed by atoms with E-state index in [4.69, 9.17) is 21.5 Å². The summed E-state index contributed by atoms with van der Waals surface area (Å²) in [5, 5.41) is 12.6. The van der Waals surface area contributed by atoms with Crippen molar-refractivity contribution in [1.29, 1.82) is 5.26 Å². The Hall–Kier alpha value is -7.47. The molecule has 0 aliphatic carbocycles. The van der Waals surface area contributed by atoms with E-state index in [2.05, 4.69) is 71.6 Å². The zero-order valence-corrected chi connectivity index (χ0v) is 27.8. The fourth-order valence-corrected chi connectivity index (χ4v) is 7.04. The third-order valence-corrected chi connectivity index (χ3v) is 9.43. The zero-order valence-electron chi connectivity index (χ0n) is 27.8. The SMILES string of the molecule is [C-]#[N+]c1cc(C#N)cc(-c2cccc(-c3nc4ccccc4c4c3cc(-c3ccccc3)c3nc(-c5ccccc5)c(-c5ccccc5)nc34)c2)c1. The van der Waals surface area contributed by atoms with Crippen molar-refractivity contribution in [2.24, 2.45) is 0 Å².